The summed E-state index contributed by atoms with van der Waals surface area (Å²) in [5, 5.41) is 2.83. The van der Waals surface area contributed by atoms with Crippen LogP contribution in [0.2, 0.25) is 0 Å². The second-order valence-electron chi connectivity index (χ2n) is 7.12. The lowest BCUT2D eigenvalue weighted by molar-refractivity contribution is -0.137. The van der Waals surface area contributed by atoms with E-state index in [1.54, 1.807) is 20.8 Å². The summed E-state index contributed by atoms with van der Waals surface area (Å²) >= 11 is 0. The lowest BCUT2D eigenvalue weighted by Gasteiger charge is -2.30. The van der Waals surface area contributed by atoms with E-state index >= 15 is 0 Å². The average Bonchev–Trinajstić information content (AvgIpc) is 2.47. The normalized spacial score (nSPS) is 21.5. The summed E-state index contributed by atoms with van der Waals surface area (Å²) in [5.74, 6) is 0.177. The van der Waals surface area contributed by atoms with Crippen LogP contribution in [-0.2, 0) is 10.9 Å². The molecule has 2 rings (SSSR count). The number of aromatic nitrogens is 1. The molecule has 1 aromatic rings. The van der Waals surface area contributed by atoms with E-state index in [-0.39, 0.29) is 18.0 Å². The second-order valence-corrected chi connectivity index (χ2v) is 7.12. The predicted molar refractivity (Wildman–Crippen MR) is 85.3 cm³/mol. The van der Waals surface area contributed by atoms with E-state index in [0.29, 0.717) is 25.7 Å². The summed E-state index contributed by atoms with van der Waals surface area (Å²) in [5.41, 5.74) is -1.34. The molecule has 1 heterocycles. The Labute approximate surface area is 144 Å². The minimum Gasteiger partial charge on any atom is -0.474 e. The fourth-order valence-corrected chi connectivity index (χ4v) is 2.59. The van der Waals surface area contributed by atoms with Crippen molar-refractivity contribution in [2.24, 2.45) is 0 Å². The molecule has 140 valence electrons. The third-order valence-electron chi connectivity index (χ3n) is 3.75. The standard InChI is InChI=1S/C17H23F3N2O3/c1-16(2,3)25-15(23)22-12-5-7-13(8-6-12)24-14-9-4-11(10-21-14)17(18,19)20/h4,9-10,12-13H,5-8H2,1-3H3,(H,22,23)/t12-,13-. The first-order valence-electron chi connectivity index (χ1n) is 8.22. The van der Waals surface area contributed by atoms with Crippen LogP contribution in [0.4, 0.5) is 18.0 Å². The van der Waals surface area contributed by atoms with Gasteiger partial charge < -0.3 is 14.8 Å². The van der Waals surface area contributed by atoms with Crippen LogP contribution in [0.1, 0.15) is 52.0 Å². The number of pyridine rings is 1. The highest BCUT2D eigenvalue weighted by Crippen LogP contribution is 2.30. The van der Waals surface area contributed by atoms with Gasteiger partial charge in [0.25, 0.3) is 0 Å². The lowest BCUT2D eigenvalue weighted by atomic mass is 9.93. The molecule has 8 heteroatoms. The fourth-order valence-electron chi connectivity index (χ4n) is 2.59. The molecule has 5 nitrogen and oxygen atoms in total. The summed E-state index contributed by atoms with van der Waals surface area (Å²) in [6.07, 6.45) is -1.41. The van der Waals surface area contributed by atoms with Gasteiger partial charge in [0.2, 0.25) is 5.88 Å². The number of amides is 1. The maximum absolute atomic E-state index is 12.5. The van der Waals surface area contributed by atoms with E-state index in [0.717, 1.165) is 12.3 Å². The van der Waals surface area contributed by atoms with Gasteiger partial charge >= 0.3 is 12.3 Å². The van der Waals surface area contributed by atoms with E-state index in [4.69, 9.17) is 9.47 Å². The molecule has 0 bridgehead atoms. The van der Waals surface area contributed by atoms with E-state index in [9.17, 15) is 18.0 Å². The van der Waals surface area contributed by atoms with Gasteiger partial charge in [-0.05, 0) is 52.5 Å². The largest absolute Gasteiger partial charge is 0.474 e. The Morgan fingerprint density at radius 2 is 1.80 bits per heavy atom. The van der Waals surface area contributed by atoms with Crippen molar-refractivity contribution in [1.29, 1.82) is 0 Å². The zero-order valence-electron chi connectivity index (χ0n) is 14.5. The first-order valence-corrected chi connectivity index (χ1v) is 8.22. The number of halogens is 3. The Morgan fingerprint density at radius 3 is 2.28 bits per heavy atom. The third-order valence-corrected chi connectivity index (χ3v) is 3.75. The summed E-state index contributed by atoms with van der Waals surface area (Å²) in [4.78, 5) is 15.5. The van der Waals surface area contributed by atoms with Gasteiger partial charge in [-0.1, -0.05) is 0 Å². The molecule has 1 N–H and O–H groups in total. The van der Waals surface area contributed by atoms with Crippen LogP contribution in [0, 0.1) is 0 Å². The summed E-state index contributed by atoms with van der Waals surface area (Å²) in [6, 6.07) is 2.20. The zero-order chi connectivity index (χ0) is 18.7. The Balaban J connectivity index is 1.78. The fraction of sp³-hybridized carbons (Fsp3) is 0.647. The van der Waals surface area contributed by atoms with Crippen LogP contribution in [-0.4, -0.2) is 28.8 Å². The molecule has 0 saturated heterocycles. The van der Waals surface area contributed by atoms with Crippen molar-refractivity contribution in [3.8, 4) is 5.88 Å². The van der Waals surface area contributed by atoms with E-state index < -0.39 is 23.4 Å². The van der Waals surface area contributed by atoms with Gasteiger partial charge in [0.1, 0.15) is 11.7 Å². The van der Waals surface area contributed by atoms with E-state index in [1.807, 2.05) is 0 Å². The quantitative estimate of drug-likeness (QED) is 0.872. The first-order chi connectivity index (χ1) is 11.5. The Morgan fingerprint density at radius 1 is 1.16 bits per heavy atom. The molecule has 1 fully saturated rings. The molecule has 0 radical (unpaired) electrons. The highest BCUT2D eigenvalue weighted by atomic mass is 19.4. The molecule has 1 saturated carbocycles. The van der Waals surface area contributed by atoms with Crippen molar-refractivity contribution >= 4 is 6.09 Å². The average molecular weight is 360 g/mol. The van der Waals surface area contributed by atoms with Crippen LogP contribution in [0.15, 0.2) is 18.3 Å². The third kappa shape index (κ3) is 6.43. The second kappa shape index (κ2) is 7.49. The van der Waals surface area contributed by atoms with Gasteiger partial charge in [0, 0.05) is 18.3 Å². The topological polar surface area (TPSA) is 60.5 Å². The highest BCUT2D eigenvalue weighted by molar-refractivity contribution is 5.68. The van der Waals surface area contributed by atoms with Crippen molar-refractivity contribution < 1.29 is 27.4 Å². The number of nitrogens with zero attached hydrogens (tertiary/aromatic N) is 1. The van der Waals surface area contributed by atoms with Crippen LogP contribution < -0.4 is 10.1 Å². The molecule has 1 aromatic heterocycles. The van der Waals surface area contributed by atoms with Gasteiger partial charge in [-0.15, -0.1) is 0 Å². The maximum atomic E-state index is 12.5. The molecule has 1 aliphatic carbocycles. The summed E-state index contributed by atoms with van der Waals surface area (Å²) in [6.45, 7) is 5.40. The number of ether oxygens (including phenoxy) is 2. The Bertz CT molecular complexity index is 574. The summed E-state index contributed by atoms with van der Waals surface area (Å²) < 4.78 is 48.4. The van der Waals surface area contributed by atoms with Crippen LogP contribution in [0.3, 0.4) is 0 Å². The predicted octanol–water partition coefficient (Wildman–Crippen LogP) is 4.32. The minimum atomic E-state index is -4.41. The number of carbonyl (C=O) groups is 1. The molecule has 1 aliphatic rings. The van der Waals surface area contributed by atoms with Gasteiger partial charge in [0.05, 0.1) is 5.56 Å². The minimum absolute atomic E-state index is 0.00950. The number of alkyl carbamates (subject to hydrolysis) is 1. The van der Waals surface area contributed by atoms with Crippen molar-refractivity contribution in [1.82, 2.24) is 10.3 Å². The lowest BCUT2D eigenvalue weighted by Crippen LogP contribution is -2.42. The van der Waals surface area contributed by atoms with Gasteiger partial charge in [-0.2, -0.15) is 13.2 Å². The first kappa shape index (κ1) is 19.3. The molecule has 25 heavy (non-hydrogen) atoms. The van der Waals surface area contributed by atoms with Gasteiger partial charge in [-0.3, -0.25) is 0 Å². The molecule has 0 aromatic carbocycles. The molecule has 0 unspecified atom stereocenters. The number of alkyl halides is 3. The van der Waals surface area contributed by atoms with Crippen LogP contribution >= 0.6 is 0 Å². The van der Waals surface area contributed by atoms with E-state index in [2.05, 4.69) is 10.3 Å². The number of nitrogens with one attached hydrogen (secondary N) is 1. The highest BCUT2D eigenvalue weighted by Gasteiger charge is 2.31. The molecule has 1 amide bonds. The molecule has 0 atom stereocenters. The van der Waals surface area contributed by atoms with Gasteiger partial charge in [-0.25, -0.2) is 9.78 Å². The monoisotopic (exact) mass is 360 g/mol. The van der Waals surface area contributed by atoms with Crippen molar-refractivity contribution in [3.05, 3.63) is 23.9 Å². The van der Waals surface area contributed by atoms with Crippen molar-refractivity contribution in [3.63, 3.8) is 0 Å². The molecular formula is C17H23F3N2O3. The van der Waals surface area contributed by atoms with Crippen molar-refractivity contribution in [2.45, 2.75) is 70.4 Å². The van der Waals surface area contributed by atoms with Crippen LogP contribution in [0.5, 0.6) is 5.88 Å². The summed E-state index contributed by atoms with van der Waals surface area (Å²) in [7, 11) is 0. The Hall–Kier alpha value is -1.99. The molecule has 0 spiro atoms. The molecule has 0 aliphatic heterocycles. The van der Waals surface area contributed by atoms with E-state index in [1.165, 1.54) is 6.07 Å². The SMILES string of the molecule is CC(C)(C)OC(=O)N[C@H]1CC[C@H](Oc2ccc(C(F)(F)F)cn2)CC1. The van der Waals surface area contributed by atoms with Gasteiger partial charge in [0.15, 0.2) is 0 Å². The number of carbonyl (C=O) groups excluding carboxylic acids is 1. The maximum Gasteiger partial charge on any atom is 0.417 e. The number of rotatable bonds is 3. The number of hydrogen-bond donors (Lipinski definition) is 1. The number of hydrogen-bond acceptors (Lipinski definition) is 4. The zero-order valence-corrected chi connectivity index (χ0v) is 14.5. The Kier molecular flexibility index (Phi) is 5.80. The smallest absolute Gasteiger partial charge is 0.417 e. The molecular weight excluding hydrogens is 337 g/mol. The van der Waals surface area contributed by atoms with Crippen LogP contribution in [0.25, 0.3) is 0 Å². The van der Waals surface area contributed by atoms with Crippen molar-refractivity contribution in [2.75, 3.05) is 0 Å².